The molecule has 4 atom stereocenters. The van der Waals surface area contributed by atoms with E-state index in [2.05, 4.69) is 32.9 Å². The van der Waals surface area contributed by atoms with Crippen LogP contribution in [0.5, 0.6) is 0 Å². The predicted octanol–water partition coefficient (Wildman–Crippen LogP) is 2.25. The van der Waals surface area contributed by atoms with Crippen molar-refractivity contribution in [3.05, 3.63) is 12.2 Å². The average molecular weight is 291 g/mol. The molecule has 2 amide bonds. The number of imide groups is 1. The van der Waals surface area contributed by atoms with Crippen LogP contribution < -0.4 is 0 Å². The van der Waals surface area contributed by atoms with Gasteiger partial charge in [-0.3, -0.25) is 14.5 Å². The zero-order chi connectivity index (χ0) is 15.4. The summed E-state index contributed by atoms with van der Waals surface area (Å²) < 4.78 is 5.06. The van der Waals surface area contributed by atoms with E-state index < -0.39 is 0 Å². The van der Waals surface area contributed by atoms with Gasteiger partial charge in [-0.05, 0) is 24.2 Å². The molecule has 0 spiro atoms. The molecule has 4 heteroatoms. The Morgan fingerprint density at radius 1 is 1.24 bits per heavy atom. The SMILES string of the molecule is COCCN1C(=O)C2C(C1=O)C1(C(C)C)C=CC2(C)CC1. The first-order valence-corrected chi connectivity index (χ1v) is 7.92. The maximum absolute atomic E-state index is 12.9. The summed E-state index contributed by atoms with van der Waals surface area (Å²) in [6.07, 6.45) is 6.46. The van der Waals surface area contributed by atoms with Crippen molar-refractivity contribution in [1.29, 1.82) is 0 Å². The van der Waals surface area contributed by atoms with Crippen LogP contribution in [0.2, 0.25) is 0 Å². The number of amides is 2. The zero-order valence-electron chi connectivity index (χ0n) is 13.4. The van der Waals surface area contributed by atoms with E-state index in [1.807, 2.05) is 0 Å². The summed E-state index contributed by atoms with van der Waals surface area (Å²) in [5.74, 6) is 0.0449. The number of ether oxygens (including phenoxy) is 1. The van der Waals surface area contributed by atoms with Crippen molar-refractivity contribution in [2.75, 3.05) is 20.3 Å². The molecule has 0 N–H and O–H groups in total. The zero-order valence-corrected chi connectivity index (χ0v) is 13.4. The molecule has 4 aliphatic rings. The fourth-order valence-corrected chi connectivity index (χ4v) is 4.69. The monoisotopic (exact) mass is 291 g/mol. The summed E-state index contributed by atoms with van der Waals surface area (Å²) >= 11 is 0. The molecule has 0 radical (unpaired) electrons. The van der Waals surface area contributed by atoms with Crippen molar-refractivity contribution in [3.8, 4) is 0 Å². The third kappa shape index (κ3) is 1.78. The van der Waals surface area contributed by atoms with Crippen LogP contribution in [0.1, 0.15) is 33.6 Å². The highest BCUT2D eigenvalue weighted by molar-refractivity contribution is 6.06. The normalized spacial score (nSPS) is 41.3. The topological polar surface area (TPSA) is 46.6 Å². The van der Waals surface area contributed by atoms with Crippen LogP contribution in [-0.2, 0) is 14.3 Å². The molecule has 2 bridgehead atoms. The average Bonchev–Trinajstić information content (AvgIpc) is 2.72. The molecule has 1 saturated carbocycles. The van der Waals surface area contributed by atoms with E-state index in [9.17, 15) is 9.59 Å². The Labute approximate surface area is 126 Å². The van der Waals surface area contributed by atoms with Crippen molar-refractivity contribution in [1.82, 2.24) is 4.90 Å². The fourth-order valence-electron chi connectivity index (χ4n) is 4.69. The van der Waals surface area contributed by atoms with Gasteiger partial charge in [-0.2, -0.15) is 0 Å². The number of likely N-dealkylation sites (tertiary alicyclic amines) is 1. The van der Waals surface area contributed by atoms with Crippen LogP contribution in [0, 0.1) is 28.6 Å². The lowest BCUT2D eigenvalue weighted by Crippen LogP contribution is -2.53. The van der Waals surface area contributed by atoms with E-state index in [-0.39, 0.29) is 34.5 Å². The molecule has 0 aromatic heterocycles. The lowest BCUT2D eigenvalue weighted by atomic mass is 9.46. The molecule has 116 valence electrons. The number of fused-ring (bicyclic) bond motifs is 1. The Morgan fingerprint density at radius 2 is 1.90 bits per heavy atom. The third-order valence-corrected chi connectivity index (χ3v) is 6.15. The highest BCUT2D eigenvalue weighted by Gasteiger charge is 2.66. The summed E-state index contributed by atoms with van der Waals surface area (Å²) in [6, 6.07) is 0. The van der Waals surface area contributed by atoms with Crippen LogP contribution in [0.25, 0.3) is 0 Å². The molecular formula is C17H25NO3. The van der Waals surface area contributed by atoms with Crippen molar-refractivity contribution < 1.29 is 14.3 Å². The number of hydrogen-bond donors (Lipinski definition) is 0. The molecule has 21 heavy (non-hydrogen) atoms. The predicted molar refractivity (Wildman–Crippen MR) is 79.3 cm³/mol. The van der Waals surface area contributed by atoms with Gasteiger partial charge in [0.25, 0.3) is 0 Å². The van der Waals surface area contributed by atoms with Gasteiger partial charge in [0.05, 0.1) is 25.0 Å². The van der Waals surface area contributed by atoms with Gasteiger partial charge in [0.2, 0.25) is 11.8 Å². The van der Waals surface area contributed by atoms with E-state index in [1.54, 1.807) is 7.11 Å². The summed E-state index contributed by atoms with van der Waals surface area (Å²) in [6.45, 7) is 7.27. The summed E-state index contributed by atoms with van der Waals surface area (Å²) in [5, 5.41) is 0. The smallest absolute Gasteiger partial charge is 0.234 e. The molecule has 4 nitrogen and oxygen atoms in total. The van der Waals surface area contributed by atoms with E-state index in [0.717, 1.165) is 12.8 Å². The molecule has 0 aromatic rings. The molecule has 4 unspecified atom stereocenters. The van der Waals surface area contributed by atoms with E-state index in [0.29, 0.717) is 19.1 Å². The van der Waals surface area contributed by atoms with Crippen LogP contribution in [0.4, 0.5) is 0 Å². The largest absolute Gasteiger partial charge is 0.383 e. The highest BCUT2D eigenvalue weighted by atomic mass is 16.5. The van der Waals surface area contributed by atoms with Crippen molar-refractivity contribution in [2.45, 2.75) is 33.6 Å². The molecule has 3 aliphatic carbocycles. The van der Waals surface area contributed by atoms with Crippen LogP contribution in [0.3, 0.4) is 0 Å². The van der Waals surface area contributed by atoms with Gasteiger partial charge in [0, 0.05) is 12.5 Å². The molecule has 1 saturated heterocycles. The molecular weight excluding hydrogens is 266 g/mol. The molecule has 1 aliphatic heterocycles. The molecule has 1 heterocycles. The Kier molecular flexibility index (Phi) is 3.28. The first-order valence-electron chi connectivity index (χ1n) is 7.92. The van der Waals surface area contributed by atoms with E-state index in [4.69, 9.17) is 4.74 Å². The minimum Gasteiger partial charge on any atom is -0.383 e. The number of hydrogen-bond acceptors (Lipinski definition) is 3. The Balaban J connectivity index is 2.03. The van der Waals surface area contributed by atoms with Gasteiger partial charge < -0.3 is 4.74 Å². The van der Waals surface area contributed by atoms with Crippen molar-refractivity contribution in [3.63, 3.8) is 0 Å². The number of carbonyl (C=O) groups is 2. The van der Waals surface area contributed by atoms with Crippen LogP contribution >= 0.6 is 0 Å². The van der Waals surface area contributed by atoms with Crippen LogP contribution in [0.15, 0.2) is 12.2 Å². The highest BCUT2D eigenvalue weighted by Crippen LogP contribution is 2.64. The second kappa shape index (κ2) is 4.67. The fraction of sp³-hybridized carbons (Fsp3) is 0.765. The van der Waals surface area contributed by atoms with E-state index >= 15 is 0 Å². The van der Waals surface area contributed by atoms with E-state index in [1.165, 1.54) is 4.90 Å². The molecule has 4 rings (SSSR count). The lowest BCUT2D eigenvalue weighted by Gasteiger charge is -2.55. The lowest BCUT2D eigenvalue weighted by molar-refractivity contribution is -0.141. The molecule has 2 fully saturated rings. The summed E-state index contributed by atoms with van der Waals surface area (Å²) in [5.41, 5.74) is -0.299. The number of rotatable bonds is 4. The van der Waals surface area contributed by atoms with Crippen LogP contribution in [-0.4, -0.2) is 37.0 Å². The minimum atomic E-state index is -0.178. The van der Waals surface area contributed by atoms with Gasteiger partial charge in [-0.25, -0.2) is 0 Å². The first-order chi connectivity index (χ1) is 9.87. The molecule has 0 aromatic carbocycles. The quantitative estimate of drug-likeness (QED) is 0.589. The van der Waals surface area contributed by atoms with Gasteiger partial charge in [0.1, 0.15) is 0 Å². The second-order valence-corrected chi connectivity index (χ2v) is 7.38. The number of nitrogens with zero attached hydrogens (tertiary/aromatic N) is 1. The summed E-state index contributed by atoms with van der Waals surface area (Å²) in [7, 11) is 1.60. The van der Waals surface area contributed by atoms with Gasteiger partial charge in [-0.1, -0.05) is 32.9 Å². The van der Waals surface area contributed by atoms with Crippen molar-refractivity contribution in [2.24, 2.45) is 28.6 Å². The van der Waals surface area contributed by atoms with Gasteiger partial charge >= 0.3 is 0 Å². The van der Waals surface area contributed by atoms with Crippen molar-refractivity contribution >= 4 is 11.8 Å². The second-order valence-electron chi connectivity index (χ2n) is 7.38. The number of carbonyl (C=O) groups excluding carboxylic acids is 2. The summed E-state index contributed by atoms with van der Waals surface area (Å²) in [4.78, 5) is 27.2. The van der Waals surface area contributed by atoms with Gasteiger partial charge in [-0.15, -0.1) is 0 Å². The third-order valence-electron chi connectivity index (χ3n) is 6.15. The minimum absolute atomic E-state index is 0.0126. The number of allylic oxidation sites excluding steroid dienone is 2. The maximum Gasteiger partial charge on any atom is 0.234 e. The van der Waals surface area contributed by atoms with Gasteiger partial charge in [0.15, 0.2) is 0 Å². The number of methoxy groups -OCH3 is 1. The Morgan fingerprint density at radius 3 is 2.43 bits per heavy atom. The Hall–Kier alpha value is -1.16. The Bertz CT molecular complexity index is 512. The first kappa shape index (κ1) is 14.8. The standard InChI is InChI=1S/C17H25NO3/c1-11(2)17-7-5-16(3,6-8-17)12-13(17)15(20)18(14(12)19)9-10-21-4/h5,7,11-13H,6,8-10H2,1-4H3. The maximum atomic E-state index is 12.9.